The van der Waals surface area contributed by atoms with Crippen molar-refractivity contribution in [2.45, 2.75) is 37.2 Å². The highest BCUT2D eigenvalue weighted by atomic mass is 32.2. The fraction of sp³-hybridized carbons (Fsp3) is 0.368. The normalized spacial score (nSPS) is 12.1. The molecule has 0 spiro atoms. The van der Waals surface area contributed by atoms with Gasteiger partial charge < -0.3 is 10.1 Å². The van der Waals surface area contributed by atoms with Gasteiger partial charge in [0.05, 0.1) is 12.8 Å². The smallest absolute Gasteiger partial charge is 0.337 e. The molecule has 2 aromatic heterocycles. The molecule has 0 bridgehead atoms. The standard InChI is InChI=1S/C19H22N4O4S2/c1-5-11(2)20-14(24)10-22-16-15(29-18(21-16)28-4)17(25)23(19(22)26)12-8-6-7-9-13(12)27-3/h6-9,11H,5,10H2,1-4H3,(H,20,24)/t11-/m1/s1. The van der Waals surface area contributed by atoms with Gasteiger partial charge in [-0.05, 0) is 31.7 Å². The molecule has 3 rings (SSSR count). The molecule has 0 fully saturated rings. The first-order valence-electron chi connectivity index (χ1n) is 9.04. The summed E-state index contributed by atoms with van der Waals surface area (Å²) in [6.45, 7) is 3.62. The first-order valence-corrected chi connectivity index (χ1v) is 11.1. The maximum atomic E-state index is 13.3. The lowest BCUT2D eigenvalue weighted by atomic mass is 10.2. The summed E-state index contributed by atoms with van der Waals surface area (Å²) in [5.41, 5.74) is -0.572. The summed E-state index contributed by atoms with van der Waals surface area (Å²) in [6, 6.07) is 6.75. The Balaban J connectivity index is 2.27. The van der Waals surface area contributed by atoms with E-state index in [0.717, 1.165) is 11.0 Å². The molecule has 8 nitrogen and oxygen atoms in total. The van der Waals surface area contributed by atoms with Crippen molar-refractivity contribution < 1.29 is 9.53 Å². The van der Waals surface area contributed by atoms with Crippen LogP contribution in [0.3, 0.4) is 0 Å². The first kappa shape index (κ1) is 21.1. The van der Waals surface area contributed by atoms with Crippen LogP contribution in [0.15, 0.2) is 38.2 Å². The molecule has 1 amide bonds. The number of nitrogens with one attached hydrogen (secondary N) is 1. The van der Waals surface area contributed by atoms with E-state index in [4.69, 9.17) is 4.74 Å². The van der Waals surface area contributed by atoms with E-state index in [2.05, 4.69) is 10.3 Å². The topological polar surface area (TPSA) is 95.2 Å². The van der Waals surface area contributed by atoms with Gasteiger partial charge in [0.15, 0.2) is 9.99 Å². The summed E-state index contributed by atoms with van der Waals surface area (Å²) >= 11 is 2.58. The quantitative estimate of drug-likeness (QED) is 0.573. The van der Waals surface area contributed by atoms with E-state index in [0.29, 0.717) is 20.5 Å². The molecule has 0 aliphatic rings. The number of aromatic nitrogens is 3. The Kier molecular flexibility index (Phi) is 6.43. The van der Waals surface area contributed by atoms with Crippen LogP contribution in [0.4, 0.5) is 0 Å². The van der Waals surface area contributed by atoms with Gasteiger partial charge >= 0.3 is 5.69 Å². The van der Waals surface area contributed by atoms with Crippen LogP contribution in [-0.2, 0) is 11.3 Å². The number of thiazole rings is 1. The minimum atomic E-state index is -0.635. The molecule has 1 atom stereocenters. The van der Waals surface area contributed by atoms with Gasteiger partial charge in [0.25, 0.3) is 5.56 Å². The molecule has 1 aromatic carbocycles. The molecular formula is C19H22N4O4S2. The van der Waals surface area contributed by atoms with Crippen molar-refractivity contribution in [2.75, 3.05) is 13.4 Å². The average Bonchev–Trinajstić information content (AvgIpc) is 3.16. The van der Waals surface area contributed by atoms with Gasteiger partial charge in [-0.1, -0.05) is 30.8 Å². The first-order chi connectivity index (χ1) is 13.9. The number of benzene rings is 1. The molecule has 2 heterocycles. The lowest BCUT2D eigenvalue weighted by Gasteiger charge is -2.15. The number of rotatable bonds is 7. The third-order valence-corrected chi connectivity index (χ3v) is 6.50. The predicted molar refractivity (Wildman–Crippen MR) is 116 cm³/mol. The second-order valence-electron chi connectivity index (χ2n) is 6.39. The van der Waals surface area contributed by atoms with E-state index in [-0.39, 0.29) is 24.1 Å². The average molecular weight is 435 g/mol. The Labute approximate surface area is 175 Å². The summed E-state index contributed by atoms with van der Waals surface area (Å²) in [7, 11) is 1.47. The van der Waals surface area contributed by atoms with Gasteiger partial charge in [-0.15, -0.1) is 11.3 Å². The maximum absolute atomic E-state index is 13.3. The summed E-state index contributed by atoms with van der Waals surface area (Å²) < 4.78 is 8.58. The van der Waals surface area contributed by atoms with E-state index in [9.17, 15) is 14.4 Å². The highest BCUT2D eigenvalue weighted by molar-refractivity contribution is 8.00. The van der Waals surface area contributed by atoms with Gasteiger partial charge in [0.1, 0.15) is 17.0 Å². The highest BCUT2D eigenvalue weighted by Crippen LogP contribution is 2.26. The van der Waals surface area contributed by atoms with Crippen LogP contribution < -0.4 is 21.3 Å². The molecule has 0 saturated carbocycles. The minimum absolute atomic E-state index is 0.0222. The maximum Gasteiger partial charge on any atom is 0.337 e. The predicted octanol–water partition coefficient (Wildman–Crippen LogP) is 2.25. The lowest BCUT2D eigenvalue weighted by molar-refractivity contribution is -0.122. The zero-order valence-electron chi connectivity index (χ0n) is 16.6. The Morgan fingerprint density at radius 1 is 1.34 bits per heavy atom. The summed E-state index contributed by atoms with van der Waals surface area (Å²) in [4.78, 5) is 43.4. The fourth-order valence-corrected chi connectivity index (χ4v) is 4.33. The van der Waals surface area contributed by atoms with Crippen LogP contribution >= 0.6 is 23.1 Å². The summed E-state index contributed by atoms with van der Waals surface area (Å²) in [5.74, 6) is 0.0722. The minimum Gasteiger partial charge on any atom is -0.495 e. The number of amides is 1. The molecule has 29 heavy (non-hydrogen) atoms. The number of fused-ring (bicyclic) bond motifs is 1. The van der Waals surface area contributed by atoms with Crippen molar-refractivity contribution >= 4 is 39.4 Å². The second kappa shape index (κ2) is 8.83. The Hall–Kier alpha value is -2.59. The molecule has 1 N–H and O–H groups in total. The van der Waals surface area contributed by atoms with E-state index < -0.39 is 11.2 Å². The second-order valence-corrected chi connectivity index (χ2v) is 8.45. The zero-order chi connectivity index (χ0) is 21.1. The van der Waals surface area contributed by atoms with Crippen molar-refractivity contribution in [1.82, 2.24) is 19.4 Å². The van der Waals surface area contributed by atoms with Crippen molar-refractivity contribution in [3.63, 3.8) is 0 Å². The molecule has 0 aliphatic heterocycles. The van der Waals surface area contributed by atoms with Crippen LogP contribution in [-0.4, -0.2) is 39.4 Å². The number of thioether (sulfide) groups is 1. The molecule has 154 valence electrons. The molecule has 0 unspecified atom stereocenters. The van der Waals surface area contributed by atoms with Crippen LogP contribution in [0.25, 0.3) is 16.0 Å². The summed E-state index contributed by atoms with van der Waals surface area (Å²) in [6.07, 6.45) is 2.61. The number of carbonyl (C=O) groups excluding carboxylic acids is 1. The number of methoxy groups -OCH3 is 1. The molecule has 0 aliphatic carbocycles. The van der Waals surface area contributed by atoms with Crippen LogP contribution in [0.2, 0.25) is 0 Å². The van der Waals surface area contributed by atoms with E-state index in [1.54, 1.807) is 24.3 Å². The number of ether oxygens (including phenoxy) is 1. The van der Waals surface area contributed by atoms with E-state index >= 15 is 0 Å². The Morgan fingerprint density at radius 2 is 2.07 bits per heavy atom. The number of hydrogen-bond donors (Lipinski definition) is 1. The molecule has 3 aromatic rings. The van der Waals surface area contributed by atoms with Gasteiger partial charge in [-0.25, -0.2) is 14.3 Å². The van der Waals surface area contributed by atoms with Gasteiger partial charge in [0, 0.05) is 6.04 Å². The number of para-hydroxylation sites is 2. The van der Waals surface area contributed by atoms with Gasteiger partial charge in [-0.3, -0.25) is 14.2 Å². The summed E-state index contributed by atoms with van der Waals surface area (Å²) in [5, 5.41) is 2.85. The molecular weight excluding hydrogens is 412 g/mol. The highest BCUT2D eigenvalue weighted by Gasteiger charge is 2.22. The van der Waals surface area contributed by atoms with Crippen LogP contribution in [0, 0.1) is 0 Å². The zero-order valence-corrected chi connectivity index (χ0v) is 18.2. The van der Waals surface area contributed by atoms with E-state index in [1.165, 1.54) is 34.8 Å². The largest absolute Gasteiger partial charge is 0.495 e. The van der Waals surface area contributed by atoms with E-state index in [1.807, 2.05) is 20.1 Å². The van der Waals surface area contributed by atoms with Crippen molar-refractivity contribution in [1.29, 1.82) is 0 Å². The molecule has 0 radical (unpaired) electrons. The van der Waals surface area contributed by atoms with Gasteiger partial charge in [0.2, 0.25) is 5.91 Å². The van der Waals surface area contributed by atoms with Crippen LogP contribution in [0.1, 0.15) is 20.3 Å². The Bertz CT molecular complexity index is 1170. The van der Waals surface area contributed by atoms with Gasteiger partial charge in [-0.2, -0.15) is 0 Å². The van der Waals surface area contributed by atoms with Crippen molar-refractivity contribution in [2.24, 2.45) is 0 Å². The third-order valence-electron chi connectivity index (χ3n) is 4.49. The third kappa shape index (κ3) is 4.08. The Morgan fingerprint density at radius 3 is 2.72 bits per heavy atom. The van der Waals surface area contributed by atoms with Crippen molar-refractivity contribution in [3.8, 4) is 11.4 Å². The van der Waals surface area contributed by atoms with Crippen molar-refractivity contribution in [3.05, 3.63) is 45.1 Å². The number of hydrogen-bond acceptors (Lipinski definition) is 7. The number of carbonyl (C=O) groups is 1. The van der Waals surface area contributed by atoms with Crippen LogP contribution in [0.5, 0.6) is 5.75 Å². The monoisotopic (exact) mass is 434 g/mol. The molecule has 10 heteroatoms. The SMILES string of the molecule is CC[C@@H](C)NC(=O)Cn1c(=O)n(-c2ccccc2OC)c(=O)c2sc(SC)nc21. The fourth-order valence-electron chi connectivity index (χ4n) is 2.84. The molecule has 0 saturated heterocycles. The number of nitrogens with zero attached hydrogens (tertiary/aromatic N) is 3. The lowest BCUT2D eigenvalue weighted by Crippen LogP contribution is -2.43.